The summed E-state index contributed by atoms with van der Waals surface area (Å²) in [5.41, 5.74) is 4.15. The molecule has 0 radical (unpaired) electrons. The third-order valence-electron chi connectivity index (χ3n) is 3.13. The van der Waals surface area contributed by atoms with Crippen LogP contribution >= 0.6 is 11.6 Å². The van der Waals surface area contributed by atoms with E-state index in [-0.39, 0.29) is 10.5 Å². The second-order valence-electron chi connectivity index (χ2n) is 4.62. The standard InChI is InChI=1S/C15H17ClN2O/c1-9-13(15(19)14(16)10(2)18-9)12-6-4-11(5-7-12)8-17-3/h4-7,17H,8H2,1-3H3,(H,18,19). The van der Waals surface area contributed by atoms with E-state index in [1.807, 2.05) is 38.2 Å². The molecule has 1 aromatic carbocycles. The predicted molar refractivity (Wildman–Crippen MR) is 79.7 cm³/mol. The zero-order chi connectivity index (χ0) is 14.0. The van der Waals surface area contributed by atoms with Gasteiger partial charge in [0.1, 0.15) is 5.02 Å². The molecular formula is C15H17ClN2O. The van der Waals surface area contributed by atoms with Gasteiger partial charge in [-0.1, -0.05) is 35.9 Å². The number of aromatic nitrogens is 1. The minimum Gasteiger partial charge on any atom is -0.361 e. The Balaban J connectivity index is 2.53. The van der Waals surface area contributed by atoms with Gasteiger partial charge in [0.05, 0.1) is 0 Å². The van der Waals surface area contributed by atoms with E-state index >= 15 is 0 Å². The summed E-state index contributed by atoms with van der Waals surface area (Å²) in [7, 11) is 1.91. The second kappa shape index (κ2) is 5.59. The Kier molecular flexibility index (Phi) is 4.08. The molecule has 0 saturated heterocycles. The van der Waals surface area contributed by atoms with Crippen molar-refractivity contribution in [1.82, 2.24) is 10.3 Å². The largest absolute Gasteiger partial charge is 0.361 e. The van der Waals surface area contributed by atoms with E-state index in [1.165, 1.54) is 5.56 Å². The number of H-pyrrole nitrogens is 1. The molecular weight excluding hydrogens is 260 g/mol. The van der Waals surface area contributed by atoms with Crippen molar-refractivity contribution in [3.63, 3.8) is 0 Å². The van der Waals surface area contributed by atoms with Crippen molar-refractivity contribution in [1.29, 1.82) is 0 Å². The maximum atomic E-state index is 12.3. The molecule has 2 aromatic rings. The summed E-state index contributed by atoms with van der Waals surface area (Å²) in [4.78, 5) is 15.4. The Morgan fingerprint density at radius 2 is 1.79 bits per heavy atom. The van der Waals surface area contributed by atoms with Gasteiger partial charge in [0.25, 0.3) is 0 Å². The summed E-state index contributed by atoms with van der Waals surface area (Å²) in [6.45, 7) is 4.50. The summed E-state index contributed by atoms with van der Waals surface area (Å²) in [6, 6.07) is 7.93. The number of hydrogen-bond acceptors (Lipinski definition) is 2. The second-order valence-corrected chi connectivity index (χ2v) is 5.00. The lowest BCUT2D eigenvalue weighted by molar-refractivity contribution is 0.818. The van der Waals surface area contributed by atoms with E-state index in [4.69, 9.17) is 11.6 Å². The highest BCUT2D eigenvalue weighted by Gasteiger charge is 2.12. The molecule has 0 aliphatic rings. The number of aryl methyl sites for hydroxylation is 2. The lowest BCUT2D eigenvalue weighted by Crippen LogP contribution is -2.11. The molecule has 3 nitrogen and oxygen atoms in total. The summed E-state index contributed by atoms with van der Waals surface area (Å²) < 4.78 is 0. The zero-order valence-corrected chi connectivity index (χ0v) is 12.1. The van der Waals surface area contributed by atoms with Crippen LogP contribution in [0.2, 0.25) is 5.02 Å². The van der Waals surface area contributed by atoms with Crippen LogP contribution in [0.3, 0.4) is 0 Å². The van der Waals surface area contributed by atoms with Gasteiger partial charge in [0, 0.05) is 23.5 Å². The van der Waals surface area contributed by atoms with Crippen LogP contribution in [0.4, 0.5) is 0 Å². The van der Waals surface area contributed by atoms with Gasteiger partial charge in [-0.05, 0) is 32.0 Å². The number of aromatic amines is 1. The van der Waals surface area contributed by atoms with E-state index in [9.17, 15) is 4.79 Å². The topological polar surface area (TPSA) is 44.9 Å². The van der Waals surface area contributed by atoms with Crippen molar-refractivity contribution in [3.05, 3.63) is 56.5 Å². The Morgan fingerprint density at radius 3 is 2.37 bits per heavy atom. The fourth-order valence-electron chi connectivity index (χ4n) is 2.19. The quantitative estimate of drug-likeness (QED) is 0.905. The number of nitrogens with one attached hydrogen (secondary N) is 2. The molecule has 0 amide bonds. The van der Waals surface area contributed by atoms with Gasteiger partial charge in [-0.2, -0.15) is 0 Å². The normalized spacial score (nSPS) is 10.7. The molecule has 1 heterocycles. The molecule has 0 spiro atoms. The number of rotatable bonds is 3. The highest BCUT2D eigenvalue weighted by Crippen LogP contribution is 2.22. The summed E-state index contributed by atoms with van der Waals surface area (Å²) in [5, 5.41) is 3.36. The van der Waals surface area contributed by atoms with Gasteiger partial charge in [0.2, 0.25) is 5.43 Å². The molecule has 0 unspecified atom stereocenters. The van der Waals surface area contributed by atoms with Crippen molar-refractivity contribution in [2.24, 2.45) is 0 Å². The minimum atomic E-state index is -0.114. The SMILES string of the molecule is CNCc1ccc(-c2c(C)[nH]c(C)c(Cl)c2=O)cc1. The molecule has 0 aliphatic carbocycles. The first-order valence-corrected chi connectivity index (χ1v) is 6.55. The third-order valence-corrected chi connectivity index (χ3v) is 3.58. The van der Waals surface area contributed by atoms with Crippen LogP contribution in [0, 0.1) is 13.8 Å². The lowest BCUT2D eigenvalue weighted by atomic mass is 10.0. The van der Waals surface area contributed by atoms with E-state index in [2.05, 4.69) is 10.3 Å². The molecule has 2 rings (SSSR count). The van der Waals surface area contributed by atoms with Crippen LogP contribution < -0.4 is 10.7 Å². The molecule has 0 saturated carbocycles. The van der Waals surface area contributed by atoms with Gasteiger partial charge in [0.15, 0.2) is 0 Å². The fraction of sp³-hybridized carbons (Fsp3) is 0.267. The molecule has 100 valence electrons. The van der Waals surface area contributed by atoms with E-state index in [0.717, 1.165) is 17.8 Å². The van der Waals surface area contributed by atoms with Gasteiger partial charge in [-0.25, -0.2) is 0 Å². The highest BCUT2D eigenvalue weighted by molar-refractivity contribution is 6.31. The van der Waals surface area contributed by atoms with Crippen molar-refractivity contribution in [3.8, 4) is 11.1 Å². The predicted octanol–water partition coefficient (Wildman–Crippen LogP) is 3.03. The summed E-state index contributed by atoms with van der Waals surface area (Å²) in [6.07, 6.45) is 0. The van der Waals surface area contributed by atoms with Gasteiger partial charge in [-0.3, -0.25) is 4.79 Å². The Bertz CT molecular complexity index is 644. The van der Waals surface area contributed by atoms with Crippen molar-refractivity contribution < 1.29 is 0 Å². The summed E-state index contributed by atoms with van der Waals surface area (Å²) in [5.74, 6) is 0. The van der Waals surface area contributed by atoms with E-state index < -0.39 is 0 Å². The van der Waals surface area contributed by atoms with Crippen molar-refractivity contribution in [2.45, 2.75) is 20.4 Å². The average molecular weight is 277 g/mol. The number of hydrogen-bond donors (Lipinski definition) is 2. The van der Waals surface area contributed by atoms with Crippen molar-refractivity contribution in [2.75, 3.05) is 7.05 Å². The number of pyridine rings is 1. The van der Waals surface area contributed by atoms with Gasteiger partial charge >= 0.3 is 0 Å². The maximum absolute atomic E-state index is 12.3. The molecule has 0 atom stereocenters. The van der Waals surface area contributed by atoms with Crippen LogP contribution in [0.5, 0.6) is 0 Å². The van der Waals surface area contributed by atoms with Crippen LogP contribution in [0.1, 0.15) is 17.0 Å². The average Bonchev–Trinajstić information content (AvgIpc) is 2.38. The van der Waals surface area contributed by atoms with Gasteiger partial charge < -0.3 is 10.3 Å². The van der Waals surface area contributed by atoms with E-state index in [0.29, 0.717) is 11.3 Å². The number of halogens is 1. The maximum Gasteiger partial charge on any atom is 0.208 e. The highest BCUT2D eigenvalue weighted by atomic mass is 35.5. The first kappa shape index (κ1) is 13.8. The smallest absolute Gasteiger partial charge is 0.208 e. The monoisotopic (exact) mass is 276 g/mol. The Labute approximate surface area is 117 Å². The van der Waals surface area contributed by atoms with Crippen LogP contribution in [0.25, 0.3) is 11.1 Å². The lowest BCUT2D eigenvalue weighted by Gasteiger charge is -2.09. The third kappa shape index (κ3) is 2.72. The first-order chi connectivity index (χ1) is 9.04. The molecule has 1 aromatic heterocycles. The molecule has 19 heavy (non-hydrogen) atoms. The first-order valence-electron chi connectivity index (χ1n) is 6.17. The molecule has 0 bridgehead atoms. The van der Waals surface area contributed by atoms with Crippen LogP contribution in [-0.4, -0.2) is 12.0 Å². The summed E-state index contributed by atoms with van der Waals surface area (Å²) >= 11 is 6.03. The fourth-order valence-corrected chi connectivity index (χ4v) is 2.33. The molecule has 4 heteroatoms. The van der Waals surface area contributed by atoms with E-state index in [1.54, 1.807) is 6.92 Å². The minimum absolute atomic E-state index is 0.114. The Hall–Kier alpha value is -1.58. The Morgan fingerprint density at radius 1 is 1.16 bits per heavy atom. The molecule has 2 N–H and O–H groups in total. The zero-order valence-electron chi connectivity index (χ0n) is 11.3. The van der Waals surface area contributed by atoms with Crippen molar-refractivity contribution >= 4 is 11.6 Å². The molecule has 0 aliphatic heterocycles. The van der Waals surface area contributed by atoms with Crippen LogP contribution in [0.15, 0.2) is 29.1 Å². The molecule has 0 fully saturated rings. The van der Waals surface area contributed by atoms with Crippen LogP contribution in [-0.2, 0) is 6.54 Å². The number of benzene rings is 1. The van der Waals surface area contributed by atoms with Gasteiger partial charge in [-0.15, -0.1) is 0 Å².